The fourth-order valence-corrected chi connectivity index (χ4v) is 3.54. The minimum atomic E-state index is -0.651. The lowest BCUT2D eigenvalue weighted by molar-refractivity contribution is -0.132. The van der Waals surface area contributed by atoms with Crippen LogP contribution in [0.2, 0.25) is 0 Å². The van der Waals surface area contributed by atoms with Gasteiger partial charge in [0.15, 0.2) is 0 Å². The summed E-state index contributed by atoms with van der Waals surface area (Å²) in [4.78, 5) is 29.5. The summed E-state index contributed by atoms with van der Waals surface area (Å²) in [6.07, 6.45) is 0.796. The molecular formula is C23H29N3O3. The predicted molar refractivity (Wildman–Crippen MR) is 112 cm³/mol. The number of benzene rings is 2. The van der Waals surface area contributed by atoms with Crippen molar-refractivity contribution in [1.82, 2.24) is 15.1 Å². The average Bonchev–Trinajstić information content (AvgIpc) is 3.23. The maximum atomic E-state index is 13.2. The van der Waals surface area contributed by atoms with Crippen molar-refractivity contribution in [3.63, 3.8) is 0 Å². The average molecular weight is 396 g/mol. The van der Waals surface area contributed by atoms with Gasteiger partial charge < -0.3 is 19.9 Å². The SMILES string of the molecule is CN(C)[C@H]1CCN(C(=O)[C@@H](Cc2ccccc2)NC(=O)OCc2ccccc2)C1. The fraction of sp³-hybridized carbons (Fsp3) is 0.391. The van der Waals surface area contributed by atoms with E-state index in [1.807, 2.05) is 79.7 Å². The molecule has 0 aromatic heterocycles. The maximum absolute atomic E-state index is 13.2. The summed E-state index contributed by atoms with van der Waals surface area (Å²) in [5.74, 6) is -0.0603. The van der Waals surface area contributed by atoms with Crippen LogP contribution in [0.15, 0.2) is 60.7 Å². The molecule has 6 nitrogen and oxygen atoms in total. The molecular weight excluding hydrogens is 366 g/mol. The number of alkyl carbamates (subject to hydrolysis) is 1. The van der Waals surface area contributed by atoms with Gasteiger partial charge in [-0.1, -0.05) is 60.7 Å². The Hall–Kier alpha value is -2.86. The number of carbonyl (C=O) groups excluding carboxylic acids is 2. The number of nitrogens with one attached hydrogen (secondary N) is 1. The van der Waals surface area contributed by atoms with Crippen LogP contribution in [0.3, 0.4) is 0 Å². The Morgan fingerprint density at radius 2 is 1.69 bits per heavy atom. The van der Waals surface area contributed by atoms with Gasteiger partial charge in [0.25, 0.3) is 0 Å². The topological polar surface area (TPSA) is 61.9 Å². The molecule has 2 aromatic carbocycles. The Bertz CT molecular complexity index is 796. The van der Waals surface area contributed by atoms with E-state index in [9.17, 15) is 9.59 Å². The summed E-state index contributed by atoms with van der Waals surface area (Å²) in [6, 6.07) is 18.9. The van der Waals surface area contributed by atoms with Gasteiger partial charge in [0.05, 0.1) is 0 Å². The smallest absolute Gasteiger partial charge is 0.408 e. The van der Waals surface area contributed by atoms with Crippen molar-refractivity contribution in [3.8, 4) is 0 Å². The molecule has 2 aromatic rings. The van der Waals surface area contributed by atoms with E-state index < -0.39 is 12.1 Å². The van der Waals surface area contributed by atoms with Crippen LogP contribution in [-0.2, 0) is 22.6 Å². The molecule has 29 heavy (non-hydrogen) atoms. The third-order valence-corrected chi connectivity index (χ3v) is 5.29. The molecule has 0 spiro atoms. The Kier molecular flexibility index (Phi) is 7.25. The summed E-state index contributed by atoms with van der Waals surface area (Å²) in [6.45, 7) is 1.55. The highest BCUT2D eigenvalue weighted by Crippen LogP contribution is 2.16. The van der Waals surface area contributed by atoms with Crippen molar-refractivity contribution < 1.29 is 14.3 Å². The largest absolute Gasteiger partial charge is 0.445 e. The van der Waals surface area contributed by atoms with E-state index >= 15 is 0 Å². The third-order valence-electron chi connectivity index (χ3n) is 5.29. The second-order valence-electron chi connectivity index (χ2n) is 7.64. The van der Waals surface area contributed by atoms with Crippen LogP contribution in [0.25, 0.3) is 0 Å². The van der Waals surface area contributed by atoms with Crippen molar-refractivity contribution in [2.24, 2.45) is 0 Å². The van der Waals surface area contributed by atoms with Gasteiger partial charge in [0.2, 0.25) is 5.91 Å². The summed E-state index contributed by atoms with van der Waals surface area (Å²) >= 11 is 0. The lowest BCUT2D eigenvalue weighted by Gasteiger charge is -2.25. The summed E-state index contributed by atoms with van der Waals surface area (Å²) in [7, 11) is 4.05. The molecule has 1 saturated heterocycles. The van der Waals surface area contributed by atoms with Crippen molar-refractivity contribution >= 4 is 12.0 Å². The van der Waals surface area contributed by atoms with Crippen LogP contribution in [0.1, 0.15) is 17.5 Å². The highest BCUT2D eigenvalue weighted by atomic mass is 16.5. The van der Waals surface area contributed by atoms with E-state index in [2.05, 4.69) is 10.2 Å². The lowest BCUT2D eigenvalue weighted by atomic mass is 10.1. The van der Waals surface area contributed by atoms with Crippen LogP contribution < -0.4 is 5.32 Å². The van der Waals surface area contributed by atoms with Crippen LogP contribution in [-0.4, -0.2) is 61.1 Å². The molecule has 0 radical (unpaired) electrons. The van der Waals surface area contributed by atoms with E-state index in [-0.39, 0.29) is 12.5 Å². The first-order chi connectivity index (χ1) is 14.0. The Labute approximate surface area is 172 Å². The molecule has 0 saturated carbocycles. The molecule has 0 bridgehead atoms. The molecule has 1 aliphatic heterocycles. The van der Waals surface area contributed by atoms with E-state index in [0.29, 0.717) is 25.6 Å². The zero-order chi connectivity index (χ0) is 20.6. The molecule has 1 aliphatic rings. The van der Waals surface area contributed by atoms with E-state index in [0.717, 1.165) is 17.5 Å². The Balaban J connectivity index is 1.64. The first kappa shape index (κ1) is 20.9. The minimum absolute atomic E-state index is 0.0603. The fourth-order valence-electron chi connectivity index (χ4n) is 3.54. The number of carbonyl (C=O) groups is 2. The van der Waals surface area contributed by atoms with Gasteiger partial charge in [0.1, 0.15) is 12.6 Å². The molecule has 2 amide bonds. The van der Waals surface area contributed by atoms with Gasteiger partial charge in [0, 0.05) is 25.6 Å². The van der Waals surface area contributed by atoms with Crippen molar-refractivity contribution in [2.45, 2.75) is 31.5 Å². The lowest BCUT2D eigenvalue weighted by Crippen LogP contribution is -2.49. The van der Waals surface area contributed by atoms with Crippen LogP contribution in [0, 0.1) is 0 Å². The van der Waals surface area contributed by atoms with Gasteiger partial charge in [-0.3, -0.25) is 4.79 Å². The van der Waals surface area contributed by atoms with Crippen molar-refractivity contribution in [1.29, 1.82) is 0 Å². The number of amides is 2. The van der Waals surface area contributed by atoms with Gasteiger partial charge in [-0.25, -0.2) is 4.79 Å². The third kappa shape index (κ3) is 6.06. The molecule has 1 fully saturated rings. The Morgan fingerprint density at radius 1 is 1.07 bits per heavy atom. The first-order valence-corrected chi connectivity index (χ1v) is 9.99. The monoisotopic (exact) mass is 395 g/mol. The highest BCUT2D eigenvalue weighted by molar-refractivity contribution is 5.86. The number of rotatable bonds is 7. The van der Waals surface area contributed by atoms with Crippen LogP contribution in [0.5, 0.6) is 0 Å². The van der Waals surface area contributed by atoms with Gasteiger partial charge in [-0.2, -0.15) is 0 Å². The molecule has 2 atom stereocenters. The van der Waals surface area contributed by atoms with Crippen LogP contribution in [0.4, 0.5) is 4.79 Å². The molecule has 1 heterocycles. The molecule has 6 heteroatoms. The minimum Gasteiger partial charge on any atom is -0.445 e. The molecule has 0 aliphatic carbocycles. The van der Waals surface area contributed by atoms with Crippen molar-refractivity contribution in [2.75, 3.05) is 27.2 Å². The number of hydrogen-bond donors (Lipinski definition) is 1. The number of likely N-dealkylation sites (tertiary alicyclic amines) is 1. The number of ether oxygens (including phenoxy) is 1. The van der Waals surface area contributed by atoms with E-state index in [1.54, 1.807) is 0 Å². The summed E-state index contributed by atoms with van der Waals surface area (Å²) in [5.41, 5.74) is 1.90. The zero-order valence-electron chi connectivity index (χ0n) is 17.1. The Morgan fingerprint density at radius 3 is 2.28 bits per heavy atom. The van der Waals surface area contributed by atoms with Crippen molar-refractivity contribution in [3.05, 3.63) is 71.8 Å². The number of nitrogens with zero attached hydrogens (tertiary/aromatic N) is 2. The van der Waals surface area contributed by atoms with E-state index in [1.165, 1.54) is 0 Å². The normalized spacial score (nSPS) is 17.2. The highest BCUT2D eigenvalue weighted by Gasteiger charge is 2.32. The molecule has 1 N–H and O–H groups in total. The number of likely N-dealkylation sites (N-methyl/N-ethyl adjacent to an activating group) is 1. The number of hydrogen-bond acceptors (Lipinski definition) is 4. The summed E-state index contributed by atoms with van der Waals surface area (Å²) < 4.78 is 5.34. The first-order valence-electron chi connectivity index (χ1n) is 9.99. The summed E-state index contributed by atoms with van der Waals surface area (Å²) in [5, 5.41) is 2.79. The quantitative estimate of drug-likeness (QED) is 0.783. The molecule has 3 rings (SSSR count). The van der Waals surface area contributed by atoms with Gasteiger partial charge in [-0.15, -0.1) is 0 Å². The van der Waals surface area contributed by atoms with Gasteiger partial charge in [-0.05, 0) is 31.6 Å². The predicted octanol–water partition coefficient (Wildman–Crippen LogP) is 2.69. The zero-order valence-corrected chi connectivity index (χ0v) is 17.1. The van der Waals surface area contributed by atoms with E-state index in [4.69, 9.17) is 4.74 Å². The van der Waals surface area contributed by atoms with Crippen LogP contribution >= 0.6 is 0 Å². The maximum Gasteiger partial charge on any atom is 0.408 e. The second-order valence-corrected chi connectivity index (χ2v) is 7.64. The standard InChI is InChI=1S/C23H29N3O3/c1-25(2)20-13-14-26(16-20)22(27)21(15-18-9-5-3-6-10-18)24-23(28)29-17-19-11-7-4-8-12-19/h3-12,20-21H,13-17H2,1-2H3,(H,24,28)/t20-,21+/m0/s1. The molecule has 0 unspecified atom stereocenters. The second kappa shape index (κ2) is 10.1. The van der Waals surface area contributed by atoms with Gasteiger partial charge >= 0.3 is 6.09 Å². The molecule has 154 valence electrons.